The maximum atomic E-state index is 12.5. The molecule has 0 saturated carbocycles. The second kappa shape index (κ2) is 6.20. The van der Waals surface area contributed by atoms with Gasteiger partial charge in [-0.1, -0.05) is 6.07 Å². The first-order valence-electron chi connectivity index (χ1n) is 7.22. The first-order chi connectivity index (χ1) is 10.7. The maximum Gasteiger partial charge on any atom is 0.273 e. The van der Waals surface area contributed by atoms with Crippen molar-refractivity contribution in [3.05, 3.63) is 56.4 Å². The molecule has 23 heavy (non-hydrogen) atoms. The average Bonchev–Trinajstić information content (AvgIpc) is 2.73. The van der Waals surface area contributed by atoms with Crippen molar-refractivity contribution in [2.45, 2.75) is 27.3 Å². The molecule has 0 radical (unpaired) electrons. The summed E-state index contributed by atoms with van der Waals surface area (Å²) in [7, 11) is 3.54. The second-order valence-corrected chi connectivity index (χ2v) is 5.69. The number of carbonyl (C=O) groups is 1. The van der Waals surface area contributed by atoms with Gasteiger partial charge in [0.05, 0.1) is 10.6 Å². The molecule has 0 aliphatic heterocycles. The van der Waals surface area contributed by atoms with E-state index in [1.54, 1.807) is 35.7 Å². The largest absolute Gasteiger partial charge is 0.337 e. The van der Waals surface area contributed by atoms with Crippen molar-refractivity contribution in [2.75, 3.05) is 7.05 Å². The summed E-state index contributed by atoms with van der Waals surface area (Å²) in [5, 5.41) is 15.4. The summed E-state index contributed by atoms with van der Waals surface area (Å²) < 4.78 is 1.78. The van der Waals surface area contributed by atoms with Crippen LogP contribution in [0.25, 0.3) is 0 Å². The number of nitro benzene ring substituents is 1. The van der Waals surface area contributed by atoms with Gasteiger partial charge in [0, 0.05) is 49.1 Å². The number of amides is 1. The third-order valence-corrected chi connectivity index (χ3v) is 4.05. The van der Waals surface area contributed by atoms with E-state index in [4.69, 9.17) is 0 Å². The van der Waals surface area contributed by atoms with E-state index in [-0.39, 0.29) is 11.6 Å². The lowest BCUT2D eigenvalue weighted by atomic mass is 10.1. The molecule has 7 nitrogen and oxygen atoms in total. The van der Waals surface area contributed by atoms with E-state index < -0.39 is 4.92 Å². The lowest BCUT2D eigenvalue weighted by Crippen LogP contribution is -2.26. The normalized spacial score (nSPS) is 10.7. The molecule has 2 rings (SSSR count). The highest BCUT2D eigenvalue weighted by molar-refractivity contribution is 5.94. The molecule has 1 amide bonds. The molecule has 2 aromatic rings. The minimum absolute atomic E-state index is 0.0435. The van der Waals surface area contributed by atoms with Crippen molar-refractivity contribution in [1.82, 2.24) is 14.7 Å². The monoisotopic (exact) mass is 316 g/mol. The first-order valence-corrected chi connectivity index (χ1v) is 7.22. The zero-order valence-corrected chi connectivity index (χ0v) is 14.0. The molecule has 1 aromatic heterocycles. The molecule has 7 heteroatoms. The molecule has 0 spiro atoms. The van der Waals surface area contributed by atoms with Crippen LogP contribution in [-0.2, 0) is 13.6 Å². The van der Waals surface area contributed by atoms with Crippen molar-refractivity contribution < 1.29 is 9.72 Å². The third kappa shape index (κ3) is 3.23. The van der Waals surface area contributed by atoms with Crippen molar-refractivity contribution in [2.24, 2.45) is 7.05 Å². The number of hydrogen-bond donors (Lipinski definition) is 0. The van der Waals surface area contributed by atoms with E-state index in [0.717, 1.165) is 17.0 Å². The van der Waals surface area contributed by atoms with Gasteiger partial charge < -0.3 is 4.90 Å². The fourth-order valence-electron chi connectivity index (χ4n) is 2.51. The molecule has 1 aromatic carbocycles. The van der Waals surface area contributed by atoms with Crippen LogP contribution in [0.2, 0.25) is 0 Å². The minimum atomic E-state index is -0.471. The molecule has 0 N–H and O–H groups in total. The Hall–Kier alpha value is -2.70. The Morgan fingerprint density at radius 3 is 2.52 bits per heavy atom. The molecular weight excluding hydrogens is 296 g/mol. The molecule has 0 fully saturated rings. The summed E-state index contributed by atoms with van der Waals surface area (Å²) in [4.78, 5) is 24.6. The van der Waals surface area contributed by atoms with Gasteiger partial charge in [-0.15, -0.1) is 0 Å². The molecule has 122 valence electrons. The molecule has 0 aliphatic carbocycles. The van der Waals surface area contributed by atoms with Gasteiger partial charge in [-0.25, -0.2) is 0 Å². The highest BCUT2D eigenvalue weighted by Gasteiger charge is 2.19. The topological polar surface area (TPSA) is 81.3 Å². The predicted molar refractivity (Wildman–Crippen MR) is 86.3 cm³/mol. The van der Waals surface area contributed by atoms with E-state index in [2.05, 4.69) is 5.10 Å². The lowest BCUT2D eigenvalue weighted by Gasteiger charge is -2.17. The molecule has 0 unspecified atom stereocenters. The summed E-state index contributed by atoms with van der Waals surface area (Å²) in [5.74, 6) is -0.254. The summed E-state index contributed by atoms with van der Waals surface area (Å²) in [6, 6.07) is 4.54. The average molecular weight is 316 g/mol. The van der Waals surface area contributed by atoms with E-state index in [0.29, 0.717) is 17.7 Å². The van der Waals surface area contributed by atoms with Crippen LogP contribution in [0.4, 0.5) is 5.69 Å². The van der Waals surface area contributed by atoms with Gasteiger partial charge in [-0.05, 0) is 26.8 Å². The first kappa shape index (κ1) is 16.7. The summed E-state index contributed by atoms with van der Waals surface area (Å²) in [6.45, 7) is 5.91. The Bertz CT molecular complexity index is 780. The predicted octanol–water partition coefficient (Wildman–Crippen LogP) is 2.53. The number of nitrogens with zero attached hydrogens (tertiary/aromatic N) is 4. The Kier molecular flexibility index (Phi) is 4.49. The van der Waals surface area contributed by atoms with Crippen molar-refractivity contribution in [1.29, 1.82) is 0 Å². The van der Waals surface area contributed by atoms with Gasteiger partial charge in [0.2, 0.25) is 0 Å². The van der Waals surface area contributed by atoms with Crippen LogP contribution in [0.15, 0.2) is 18.2 Å². The van der Waals surface area contributed by atoms with Gasteiger partial charge in [0.25, 0.3) is 11.6 Å². The number of aryl methyl sites for hydroxylation is 3. The van der Waals surface area contributed by atoms with Gasteiger partial charge in [0.1, 0.15) is 0 Å². The third-order valence-electron chi connectivity index (χ3n) is 4.05. The van der Waals surface area contributed by atoms with Crippen LogP contribution in [0, 0.1) is 30.9 Å². The zero-order valence-electron chi connectivity index (χ0n) is 14.0. The van der Waals surface area contributed by atoms with Crippen molar-refractivity contribution >= 4 is 11.6 Å². The van der Waals surface area contributed by atoms with Crippen LogP contribution in [0.1, 0.15) is 32.9 Å². The summed E-state index contributed by atoms with van der Waals surface area (Å²) in [6.07, 6.45) is 0. The van der Waals surface area contributed by atoms with Gasteiger partial charge in [-0.2, -0.15) is 5.10 Å². The second-order valence-electron chi connectivity index (χ2n) is 5.69. The number of carbonyl (C=O) groups excluding carboxylic acids is 1. The van der Waals surface area contributed by atoms with Crippen molar-refractivity contribution in [3.8, 4) is 0 Å². The number of hydrogen-bond acceptors (Lipinski definition) is 4. The zero-order chi connectivity index (χ0) is 17.3. The summed E-state index contributed by atoms with van der Waals surface area (Å²) >= 11 is 0. The fraction of sp³-hybridized carbons (Fsp3) is 0.375. The number of benzene rings is 1. The molecule has 0 aliphatic rings. The van der Waals surface area contributed by atoms with Crippen LogP contribution in [-0.4, -0.2) is 32.6 Å². The van der Waals surface area contributed by atoms with E-state index in [9.17, 15) is 14.9 Å². The van der Waals surface area contributed by atoms with Crippen LogP contribution in [0.5, 0.6) is 0 Å². The van der Waals surface area contributed by atoms with E-state index in [1.165, 1.54) is 6.07 Å². The van der Waals surface area contributed by atoms with Crippen molar-refractivity contribution in [3.63, 3.8) is 0 Å². The quantitative estimate of drug-likeness (QED) is 0.641. The van der Waals surface area contributed by atoms with Crippen LogP contribution >= 0.6 is 0 Å². The Labute approximate surface area is 134 Å². The van der Waals surface area contributed by atoms with Crippen LogP contribution in [0.3, 0.4) is 0 Å². The van der Waals surface area contributed by atoms with Gasteiger partial charge in [0.15, 0.2) is 0 Å². The lowest BCUT2D eigenvalue weighted by molar-refractivity contribution is -0.385. The Morgan fingerprint density at radius 1 is 1.35 bits per heavy atom. The summed E-state index contributed by atoms with van der Waals surface area (Å²) in [5.41, 5.74) is 3.66. The Balaban J connectivity index is 2.26. The van der Waals surface area contributed by atoms with Crippen LogP contribution < -0.4 is 0 Å². The standard InChI is InChI=1S/C16H20N4O3/c1-10-6-7-13(8-15(10)20(22)23)16(21)18(4)9-14-11(2)17-19(5)12(14)3/h6-8H,9H2,1-5H3. The number of rotatable bonds is 4. The molecule has 1 heterocycles. The van der Waals surface area contributed by atoms with Gasteiger partial charge in [-0.3, -0.25) is 19.6 Å². The fourth-order valence-corrected chi connectivity index (χ4v) is 2.51. The Morgan fingerprint density at radius 2 is 2.00 bits per heavy atom. The maximum absolute atomic E-state index is 12.5. The smallest absolute Gasteiger partial charge is 0.273 e. The molecule has 0 bridgehead atoms. The molecular formula is C16H20N4O3. The minimum Gasteiger partial charge on any atom is -0.337 e. The highest BCUT2D eigenvalue weighted by Crippen LogP contribution is 2.21. The van der Waals surface area contributed by atoms with E-state index in [1.807, 2.05) is 20.9 Å². The molecule has 0 atom stereocenters. The highest BCUT2D eigenvalue weighted by atomic mass is 16.6. The van der Waals surface area contributed by atoms with E-state index >= 15 is 0 Å². The number of nitro groups is 1. The van der Waals surface area contributed by atoms with Gasteiger partial charge >= 0.3 is 0 Å². The molecule has 0 saturated heterocycles. The number of aromatic nitrogens is 2. The SMILES string of the molecule is Cc1ccc(C(=O)N(C)Cc2c(C)nn(C)c2C)cc1[N+](=O)[O-].